The van der Waals surface area contributed by atoms with Crippen LogP contribution in [0.4, 0.5) is 0 Å². The monoisotopic (exact) mass is 179 g/mol. The van der Waals surface area contributed by atoms with E-state index < -0.39 is 0 Å². The summed E-state index contributed by atoms with van der Waals surface area (Å²) in [4.78, 5) is 4.06. The van der Waals surface area contributed by atoms with Crippen LogP contribution in [0.5, 0.6) is 0 Å². The molecule has 0 saturated carbocycles. The Morgan fingerprint density at radius 3 is 3.00 bits per heavy atom. The summed E-state index contributed by atoms with van der Waals surface area (Å²) in [6.45, 7) is 2.16. The lowest BCUT2D eigenvalue weighted by atomic mass is 10.0. The van der Waals surface area contributed by atoms with Gasteiger partial charge in [0, 0.05) is 18.4 Å². The third-order valence-electron chi connectivity index (χ3n) is 2.08. The molecule has 0 radical (unpaired) electrons. The minimum absolute atomic E-state index is 0.370. The average molecular weight is 179 g/mol. The number of rotatable bonds is 5. The maximum absolute atomic E-state index is 5.44. The Morgan fingerprint density at radius 1 is 1.62 bits per heavy atom. The predicted octanol–water partition coefficient (Wildman–Crippen LogP) is 1.26. The molecule has 3 nitrogen and oxygen atoms in total. The van der Waals surface area contributed by atoms with Gasteiger partial charge in [0.2, 0.25) is 0 Å². The van der Waals surface area contributed by atoms with Gasteiger partial charge in [0.05, 0.1) is 0 Å². The van der Waals surface area contributed by atoms with Crippen molar-refractivity contribution in [1.29, 1.82) is 0 Å². The van der Waals surface area contributed by atoms with E-state index in [1.807, 2.05) is 12.3 Å². The van der Waals surface area contributed by atoms with Crippen LogP contribution in [-0.4, -0.2) is 11.0 Å². The van der Waals surface area contributed by atoms with Gasteiger partial charge in [0.15, 0.2) is 0 Å². The van der Waals surface area contributed by atoms with Crippen molar-refractivity contribution in [3.63, 3.8) is 0 Å². The topological polar surface area (TPSA) is 50.9 Å². The number of nitrogens with one attached hydrogen (secondary N) is 1. The van der Waals surface area contributed by atoms with Gasteiger partial charge in [-0.3, -0.25) is 16.3 Å². The number of pyridine rings is 1. The standard InChI is InChI=1S/C10H17N3/c1-2-4-10(13-11)7-9-5-3-6-12-8-9/h3,5-6,8,10,13H,2,4,7,11H2,1H3. The Labute approximate surface area is 79.3 Å². The molecule has 0 aliphatic carbocycles. The zero-order chi connectivity index (χ0) is 9.52. The van der Waals surface area contributed by atoms with Crippen molar-refractivity contribution in [2.75, 3.05) is 0 Å². The third-order valence-corrected chi connectivity index (χ3v) is 2.08. The molecule has 72 valence electrons. The first-order chi connectivity index (χ1) is 6.36. The first-order valence-electron chi connectivity index (χ1n) is 4.71. The van der Waals surface area contributed by atoms with Crippen LogP contribution < -0.4 is 11.3 Å². The molecule has 1 heterocycles. The summed E-state index contributed by atoms with van der Waals surface area (Å²) in [5.41, 5.74) is 4.06. The number of hydrogen-bond donors (Lipinski definition) is 2. The second-order valence-electron chi connectivity index (χ2n) is 3.22. The molecule has 0 spiro atoms. The fraction of sp³-hybridized carbons (Fsp3) is 0.500. The van der Waals surface area contributed by atoms with Crippen molar-refractivity contribution in [3.8, 4) is 0 Å². The maximum atomic E-state index is 5.44. The molecular formula is C10H17N3. The van der Waals surface area contributed by atoms with Crippen molar-refractivity contribution < 1.29 is 0 Å². The zero-order valence-corrected chi connectivity index (χ0v) is 8.03. The van der Waals surface area contributed by atoms with E-state index in [4.69, 9.17) is 5.84 Å². The molecule has 3 heteroatoms. The molecule has 13 heavy (non-hydrogen) atoms. The molecule has 0 aliphatic heterocycles. The van der Waals surface area contributed by atoms with Gasteiger partial charge in [-0.2, -0.15) is 0 Å². The van der Waals surface area contributed by atoms with E-state index >= 15 is 0 Å². The van der Waals surface area contributed by atoms with Gasteiger partial charge in [0.1, 0.15) is 0 Å². The fourth-order valence-electron chi connectivity index (χ4n) is 1.40. The summed E-state index contributed by atoms with van der Waals surface area (Å²) in [7, 11) is 0. The van der Waals surface area contributed by atoms with Gasteiger partial charge in [-0.15, -0.1) is 0 Å². The number of hydrogen-bond acceptors (Lipinski definition) is 3. The number of nitrogens with two attached hydrogens (primary N) is 1. The van der Waals surface area contributed by atoms with E-state index in [2.05, 4.69) is 23.4 Å². The normalized spacial score (nSPS) is 12.8. The molecular weight excluding hydrogens is 162 g/mol. The van der Waals surface area contributed by atoms with Crippen LogP contribution in [0.1, 0.15) is 25.3 Å². The highest BCUT2D eigenvalue weighted by molar-refractivity contribution is 5.09. The van der Waals surface area contributed by atoms with Crippen molar-refractivity contribution in [3.05, 3.63) is 30.1 Å². The lowest BCUT2D eigenvalue weighted by molar-refractivity contribution is 0.485. The van der Waals surface area contributed by atoms with Crippen molar-refractivity contribution in [2.45, 2.75) is 32.2 Å². The Hall–Kier alpha value is -0.930. The van der Waals surface area contributed by atoms with E-state index in [-0.39, 0.29) is 0 Å². The molecule has 3 N–H and O–H groups in total. The van der Waals surface area contributed by atoms with Gasteiger partial charge < -0.3 is 0 Å². The lowest BCUT2D eigenvalue weighted by Gasteiger charge is -2.14. The molecule has 1 aromatic rings. The quantitative estimate of drug-likeness (QED) is 0.528. The fourth-order valence-corrected chi connectivity index (χ4v) is 1.40. The highest BCUT2D eigenvalue weighted by Gasteiger charge is 2.05. The van der Waals surface area contributed by atoms with Gasteiger partial charge in [-0.05, 0) is 24.5 Å². The smallest absolute Gasteiger partial charge is 0.0300 e. The second kappa shape index (κ2) is 5.67. The second-order valence-corrected chi connectivity index (χ2v) is 3.22. The third kappa shape index (κ3) is 3.53. The Morgan fingerprint density at radius 2 is 2.46 bits per heavy atom. The van der Waals surface area contributed by atoms with E-state index in [1.165, 1.54) is 5.56 Å². The van der Waals surface area contributed by atoms with Crippen LogP contribution >= 0.6 is 0 Å². The summed E-state index contributed by atoms with van der Waals surface area (Å²) >= 11 is 0. The van der Waals surface area contributed by atoms with Gasteiger partial charge >= 0.3 is 0 Å². The van der Waals surface area contributed by atoms with E-state index in [0.29, 0.717) is 6.04 Å². The van der Waals surface area contributed by atoms with Crippen LogP contribution in [0.2, 0.25) is 0 Å². The van der Waals surface area contributed by atoms with Crippen molar-refractivity contribution in [2.24, 2.45) is 5.84 Å². The van der Waals surface area contributed by atoms with Gasteiger partial charge in [-0.25, -0.2) is 0 Å². The average Bonchev–Trinajstić information content (AvgIpc) is 2.19. The van der Waals surface area contributed by atoms with Crippen molar-refractivity contribution >= 4 is 0 Å². The lowest BCUT2D eigenvalue weighted by Crippen LogP contribution is -2.36. The summed E-state index contributed by atoms with van der Waals surface area (Å²) in [6.07, 6.45) is 6.88. The molecule has 0 bridgehead atoms. The Bertz CT molecular complexity index is 223. The molecule has 0 saturated heterocycles. The van der Waals surface area contributed by atoms with E-state index in [0.717, 1.165) is 19.3 Å². The molecule has 0 amide bonds. The summed E-state index contributed by atoms with van der Waals surface area (Å²) in [5, 5.41) is 0. The number of aromatic nitrogens is 1. The number of hydrazine groups is 1. The molecule has 0 aliphatic rings. The highest BCUT2D eigenvalue weighted by Crippen LogP contribution is 2.04. The Balaban J connectivity index is 2.46. The summed E-state index contributed by atoms with van der Waals surface area (Å²) in [5.74, 6) is 5.44. The SMILES string of the molecule is CCCC(Cc1cccnc1)NN. The van der Waals surface area contributed by atoms with Gasteiger partial charge in [0.25, 0.3) is 0 Å². The predicted molar refractivity (Wildman–Crippen MR) is 54.0 cm³/mol. The highest BCUT2D eigenvalue weighted by atomic mass is 15.2. The van der Waals surface area contributed by atoms with Crippen LogP contribution in [0.15, 0.2) is 24.5 Å². The Kier molecular flexibility index (Phi) is 4.43. The summed E-state index contributed by atoms with van der Waals surface area (Å²) in [6, 6.07) is 4.40. The van der Waals surface area contributed by atoms with Crippen LogP contribution in [0.25, 0.3) is 0 Å². The largest absolute Gasteiger partial charge is 0.271 e. The molecule has 1 unspecified atom stereocenters. The minimum atomic E-state index is 0.370. The van der Waals surface area contributed by atoms with Crippen LogP contribution in [0.3, 0.4) is 0 Å². The molecule has 1 rings (SSSR count). The van der Waals surface area contributed by atoms with Crippen LogP contribution in [-0.2, 0) is 6.42 Å². The number of nitrogens with zero attached hydrogens (tertiary/aromatic N) is 1. The van der Waals surface area contributed by atoms with Gasteiger partial charge in [-0.1, -0.05) is 19.4 Å². The first-order valence-corrected chi connectivity index (χ1v) is 4.71. The van der Waals surface area contributed by atoms with Crippen LogP contribution in [0, 0.1) is 0 Å². The van der Waals surface area contributed by atoms with E-state index in [9.17, 15) is 0 Å². The maximum Gasteiger partial charge on any atom is 0.0300 e. The minimum Gasteiger partial charge on any atom is -0.271 e. The van der Waals surface area contributed by atoms with E-state index in [1.54, 1.807) is 6.20 Å². The zero-order valence-electron chi connectivity index (χ0n) is 8.03. The molecule has 1 atom stereocenters. The van der Waals surface area contributed by atoms with Crippen molar-refractivity contribution in [1.82, 2.24) is 10.4 Å². The molecule has 1 aromatic heterocycles. The molecule has 0 fully saturated rings. The summed E-state index contributed by atoms with van der Waals surface area (Å²) < 4.78 is 0. The molecule has 0 aromatic carbocycles. The first kappa shape index (κ1) is 10.2.